The fourth-order valence-corrected chi connectivity index (χ4v) is 78.7. The average Bonchev–Trinajstić information content (AvgIpc) is 2.44. The van der Waals surface area contributed by atoms with Crippen LogP contribution in [0.1, 0.15) is 20.8 Å². The molecule has 1 unspecified atom stereocenters. The molecule has 120 valence electrons. The molecule has 0 aromatic heterocycles. The van der Waals surface area contributed by atoms with E-state index in [1.165, 1.54) is 18.1 Å². The highest BCUT2D eigenvalue weighted by molar-refractivity contribution is 8.38. The van der Waals surface area contributed by atoms with E-state index in [-0.39, 0.29) is 6.57 Å². The molecule has 0 fully saturated rings. The zero-order valence-electron chi connectivity index (χ0n) is 15.5. The van der Waals surface area contributed by atoms with Crippen LogP contribution in [-0.2, 0) is 0 Å². The third-order valence-corrected chi connectivity index (χ3v) is 58.8. The van der Waals surface area contributed by atoms with E-state index in [1.807, 2.05) is 0 Å². The first-order valence-electron chi connectivity index (χ1n) is 8.51. The van der Waals surface area contributed by atoms with Crippen LogP contribution in [0.3, 0.4) is 0 Å². The summed E-state index contributed by atoms with van der Waals surface area (Å²) in [6.07, 6.45) is 0. The largest absolute Gasteiger partial charge is 0.135 e. The fraction of sp³-hybridized carbons (Fsp3) is 0.647. The summed E-state index contributed by atoms with van der Waals surface area (Å²) in [6, 6.07) is 16.1. The predicted molar refractivity (Wildman–Crippen MR) is 111 cm³/mol. The van der Waals surface area contributed by atoms with Gasteiger partial charge in [-0.25, -0.2) is 0 Å². The van der Waals surface area contributed by atoms with E-state index in [2.05, 4.69) is 83.8 Å². The Labute approximate surface area is 137 Å². The summed E-state index contributed by atoms with van der Waals surface area (Å²) in [6.45, 7) is 21.1. The summed E-state index contributed by atoms with van der Waals surface area (Å²) in [5.41, 5.74) is 0. The van der Waals surface area contributed by atoms with Crippen LogP contribution in [0, 0.1) is 0 Å². The maximum absolute atomic E-state index is 2.69. The molecule has 0 amide bonds. The van der Waals surface area contributed by atoms with Gasteiger partial charge < -0.3 is 0 Å². The molecule has 0 bridgehead atoms. The minimum absolute atomic E-state index is 0.247. The fourth-order valence-electron chi connectivity index (χ4n) is 4.34. The highest BCUT2D eigenvalue weighted by Gasteiger charge is 2.51. The normalized spacial score (nSPS) is 15.0. The summed E-state index contributed by atoms with van der Waals surface area (Å²) in [5, 5.41) is 1.71. The molecule has 1 atom stereocenters. The molecule has 0 heterocycles. The number of rotatable bonds is 7. The van der Waals surface area contributed by atoms with Gasteiger partial charge in [0.1, 0.15) is 0 Å². The first-order valence-corrected chi connectivity index (χ1v) is 21.5. The van der Waals surface area contributed by atoms with E-state index < -0.39 is 23.2 Å². The molecule has 21 heavy (non-hydrogen) atoms. The zero-order chi connectivity index (χ0) is 16.3. The lowest BCUT2D eigenvalue weighted by Crippen LogP contribution is -2.54. The summed E-state index contributed by atoms with van der Waals surface area (Å²) in [5.74, 6) is 0. The SMILES string of the molecule is CC[Si](CC)(CC)P([Si](C)(C)C)[Si](C)(C)c1ccccc1. The summed E-state index contributed by atoms with van der Waals surface area (Å²) < 4.78 is 0. The van der Waals surface area contributed by atoms with Crippen molar-refractivity contribution in [2.75, 3.05) is 0 Å². The van der Waals surface area contributed by atoms with Gasteiger partial charge in [-0.2, -0.15) is 0 Å². The molecule has 4 heteroatoms. The zero-order valence-corrected chi connectivity index (χ0v) is 19.3. The molecule has 0 N–H and O–H groups in total. The van der Waals surface area contributed by atoms with E-state index in [4.69, 9.17) is 0 Å². The van der Waals surface area contributed by atoms with Crippen molar-refractivity contribution in [1.82, 2.24) is 0 Å². The van der Waals surface area contributed by atoms with Crippen LogP contribution in [0.25, 0.3) is 0 Å². The summed E-state index contributed by atoms with van der Waals surface area (Å²) >= 11 is 0. The van der Waals surface area contributed by atoms with E-state index in [9.17, 15) is 0 Å². The predicted octanol–water partition coefficient (Wildman–Crippen LogP) is 6.42. The molecule has 0 saturated heterocycles. The van der Waals surface area contributed by atoms with Crippen LogP contribution in [0.15, 0.2) is 30.3 Å². The van der Waals surface area contributed by atoms with Crippen molar-refractivity contribution in [2.45, 2.75) is 71.6 Å². The van der Waals surface area contributed by atoms with Crippen molar-refractivity contribution < 1.29 is 0 Å². The lowest BCUT2D eigenvalue weighted by Gasteiger charge is -2.52. The third kappa shape index (κ3) is 3.99. The van der Waals surface area contributed by atoms with E-state index in [0.717, 1.165) is 0 Å². The quantitative estimate of drug-likeness (QED) is 0.391. The maximum atomic E-state index is 2.69. The molecule has 0 aliphatic carbocycles. The topological polar surface area (TPSA) is 0 Å². The number of hydrogen-bond acceptors (Lipinski definition) is 0. The first kappa shape index (κ1) is 19.3. The second-order valence-corrected chi connectivity index (χ2v) is 39.3. The summed E-state index contributed by atoms with van der Waals surface area (Å²) in [7, 11) is -3.58. The minimum Gasteiger partial charge on any atom is -0.135 e. The Morgan fingerprint density at radius 3 is 1.52 bits per heavy atom. The molecule has 0 aliphatic rings. The molecule has 1 rings (SSSR count). The Balaban J connectivity index is 3.45. The minimum atomic E-state index is -1.35. The lowest BCUT2D eigenvalue weighted by atomic mass is 10.4. The van der Waals surface area contributed by atoms with E-state index in [1.54, 1.807) is 5.19 Å². The first-order chi connectivity index (χ1) is 9.65. The monoisotopic (exact) mass is 354 g/mol. The van der Waals surface area contributed by atoms with Crippen LogP contribution in [0.4, 0.5) is 0 Å². The van der Waals surface area contributed by atoms with Crippen LogP contribution < -0.4 is 5.19 Å². The van der Waals surface area contributed by atoms with Gasteiger partial charge >= 0.3 is 0 Å². The highest BCUT2D eigenvalue weighted by Crippen LogP contribution is 2.64. The summed E-state index contributed by atoms with van der Waals surface area (Å²) in [4.78, 5) is 0. The molecular formula is C17H35PSi3. The van der Waals surface area contributed by atoms with Gasteiger partial charge in [-0.1, -0.05) is 107 Å². The van der Waals surface area contributed by atoms with Gasteiger partial charge in [0, 0.05) is 0 Å². The van der Waals surface area contributed by atoms with Crippen molar-refractivity contribution in [3.8, 4) is 0 Å². The van der Waals surface area contributed by atoms with Gasteiger partial charge in [-0.05, 0) is 0 Å². The van der Waals surface area contributed by atoms with Gasteiger partial charge in [0.25, 0.3) is 0 Å². The van der Waals surface area contributed by atoms with Crippen LogP contribution in [0.5, 0.6) is 0 Å². The van der Waals surface area contributed by atoms with Crippen molar-refractivity contribution in [1.29, 1.82) is 0 Å². The van der Waals surface area contributed by atoms with Crippen LogP contribution in [0.2, 0.25) is 50.9 Å². The average molecular weight is 355 g/mol. The molecule has 1 aromatic carbocycles. The molecular weight excluding hydrogens is 319 g/mol. The molecule has 0 radical (unpaired) electrons. The molecule has 1 aromatic rings. The van der Waals surface area contributed by atoms with Crippen LogP contribution in [-0.4, -0.2) is 23.2 Å². The van der Waals surface area contributed by atoms with Gasteiger partial charge in [0.2, 0.25) is 0 Å². The Morgan fingerprint density at radius 2 is 1.19 bits per heavy atom. The van der Waals surface area contributed by atoms with E-state index in [0.29, 0.717) is 0 Å². The Kier molecular flexibility index (Phi) is 6.68. The standard InChI is InChI=1S/C17H35PSi3/c1-9-21(10-2,11-3)18(19(4,5)6)20(7,8)17-15-13-12-14-16-17/h12-16H,9-11H2,1-8H3. The van der Waals surface area contributed by atoms with Crippen molar-refractivity contribution in [3.05, 3.63) is 30.3 Å². The molecule has 0 aliphatic heterocycles. The molecule has 0 nitrogen and oxygen atoms in total. The maximum Gasteiger partial charge on any atom is 0.0992 e. The smallest absolute Gasteiger partial charge is 0.0992 e. The Bertz CT molecular complexity index is 425. The van der Waals surface area contributed by atoms with Gasteiger partial charge in [0.15, 0.2) is 0 Å². The van der Waals surface area contributed by atoms with Crippen LogP contribution >= 0.6 is 6.57 Å². The second-order valence-electron chi connectivity index (χ2n) is 7.72. The Hall–Kier alpha value is 0.301. The molecule has 0 saturated carbocycles. The Morgan fingerprint density at radius 1 is 0.762 bits per heavy atom. The van der Waals surface area contributed by atoms with Crippen molar-refractivity contribution >= 4 is 35.0 Å². The van der Waals surface area contributed by atoms with Crippen molar-refractivity contribution in [2.24, 2.45) is 0 Å². The highest BCUT2D eigenvalue weighted by atomic mass is 31.8. The number of benzene rings is 1. The number of hydrogen-bond donors (Lipinski definition) is 0. The second kappa shape index (κ2) is 7.25. The molecule has 0 spiro atoms. The van der Waals surface area contributed by atoms with E-state index >= 15 is 0 Å². The van der Waals surface area contributed by atoms with Gasteiger partial charge in [-0.3, -0.25) is 0 Å². The van der Waals surface area contributed by atoms with Gasteiger partial charge in [-0.15, -0.1) is 6.57 Å². The van der Waals surface area contributed by atoms with Gasteiger partial charge in [0.05, 0.1) is 23.2 Å². The third-order valence-electron chi connectivity index (χ3n) is 5.16. The van der Waals surface area contributed by atoms with Crippen molar-refractivity contribution in [3.63, 3.8) is 0 Å². The lowest BCUT2D eigenvalue weighted by molar-refractivity contribution is 1.22.